The van der Waals surface area contributed by atoms with Gasteiger partial charge in [0.15, 0.2) is 0 Å². The third-order valence-corrected chi connectivity index (χ3v) is 5.26. The number of fused-ring (bicyclic) bond motifs is 2. The van der Waals surface area contributed by atoms with E-state index in [4.69, 9.17) is 13.9 Å². The van der Waals surface area contributed by atoms with E-state index < -0.39 is 11.6 Å². The Bertz CT molecular complexity index is 1420. The molecule has 0 bridgehead atoms. The largest absolute Gasteiger partial charge is 0.497 e. The lowest BCUT2D eigenvalue weighted by Gasteiger charge is -2.09. The van der Waals surface area contributed by atoms with Crippen LogP contribution in [0.1, 0.15) is 24.0 Å². The van der Waals surface area contributed by atoms with Crippen LogP contribution < -0.4 is 15.9 Å². The summed E-state index contributed by atoms with van der Waals surface area (Å²) in [6.07, 6.45) is 2.06. The lowest BCUT2D eigenvalue weighted by atomic mass is 10.1. The SMILES string of the molecule is COc1ccc2c(COC(=O)CCCn3cnc4c(C)cccc4c3=O)cc(=O)oc2c1. The first-order valence-electron chi connectivity index (χ1n) is 10.2. The summed E-state index contributed by atoms with van der Waals surface area (Å²) < 4.78 is 17.2. The van der Waals surface area contributed by atoms with Gasteiger partial charge in [-0.3, -0.25) is 14.2 Å². The maximum atomic E-state index is 12.6. The Kier molecular flexibility index (Phi) is 6.02. The first-order valence-corrected chi connectivity index (χ1v) is 10.2. The molecule has 0 spiro atoms. The molecule has 4 rings (SSSR count). The highest BCUT2D eigenvalue weighted by atomic mass is 16.5. The highest BCUT2D eigenvalue weighted by Gasteiger charge is 2.11. The Morgan fingerprint density at radius 3 is 2.78 bits per heavy atom. The van der Waals surface area contributed by atoms with Gasteiger partial charge in [0.2, 0.25) is 0 Å². The lowest BCUT2D eigenvalue weighted by molar-refractivity contribution is -0.145. The van der Waals surface area contributed by atoms with Gasteiger partial charge in [-0.25, -0.2) is 9.78 Å². The highest BCUT2D eigenvalue weighted by Crippen LogP contribution is 2.23. The van der Waals surface area contributed by atoms with Gasteiger partial charge in [-0.2, -0.15) is 0 Å². The molecule has 4 aromatic rings. The number of aryl methyl sites for hydroxylation is 2. The number of ether oxygens (including phenoxy) is 2. The fourth-order valence-electron chi connectivity index (χ4n) is 3.58. The van der Waals surface area contributed by atoms with Gasteiger partial charge >= 0.3 is 11.6 Å². The first kappa shape index (κ1) is 21.3. The van der Waals surface area contributed by atoms with E-state index in [1.165, 1.54) is 24.1 Å². The standard InChI is InChI=1S/C24H22N2O6/c1-15-5-3-6-19-23(15)25-14-26(24(19)29)10-4-7-21(27)31-13-16-11-22(28)32-20-12-17(30-2)8-9-18(16)20/h3,5-6,8-9,11-12,14H,4,7,10,13H2,1-2H3. The predicted molar refractivity (Wildman–Crippen MR) is 119 cm³/mol. The van der Waals surface area contributed by atoms with E-state index >= 15 is 0 Å². The van der Waals surface area contributed by atoms with Crippen LogP contribution in [0, 0.1) is 6.92 Å². The molecule has 0 aliphatic heterocycles. The number of rotatable bonds is 7. The minimum atomic E-state index is -0.532. The number of esters is 1. The Labute approximate surface area is 183 Å². The van der Waals surface area contributed by atoms with E-state index in [1.54, 1.807) is 24.3 Å². The van der Waals surface area contributed by atoms with Crippen LogP contribution in [0.25, 0.3) is 21.9 Å². The Hall–Kier alpha value is -3.94. The molecule has 0 saturated heterocycles. The van der Waals surface area contributed by atoms with Crippen molar-refractivity contribution in [2.75, 3.05) is 7.11 Å². The van der Waals surface area contributed by atoms with Gasteiger partial charge < -0.3 is 13.9 Å². The zero-order chi connectivity index (χ0) is 22.7. The number of nitrogens with zero attached hydrogens (tertiary/aromatic N) is 2. The molecule has 0 fully saturated rings. The minimum absolute atomic E-state index is 0.0516. The molecule has 2 aromatic carbocycles. The Morgan fingerprint density at radius 1 is 1.12 bits per heavy atom. The molecule has 0 aliphatic rings. The van der Waals surface area contributed by atoms with Crippen molar-refractivity contribution in [1.29, 1.82) is 0 Å². The maximum absolute atomic E-state index is 12.6. The van der Waals surface area contributed by atoms with Crippen LogP contribution in [0.3, 0.4) is 0 Å². The van der Waals surface area contributed by atoms with Crippen molar-refractivity contribution in [3.8, 4) is 5.75 Å². The van der Waals surface area contributed by atoms with Gasteiger partial charge in [-0.05, 0) is 37.1 Å². The van der Waals surface area contributed by atoms with Crippen LogP contribution in [0.2, 0.25) is 0 Å². The quantitative estimate of drug-likeness (QED) is 0.325. The number of hydrogen-bond acceptors (Lipinski definition) is 7. The van der Waals surface area contributed by atoms with E-state index in [1.807, 2.05) is 19.1 Å². The summed E-state index contributed by atoms with van der Waals surface area (Å²) in [5.41, 5.74) is 1.88. The third-order valence-electron chi connectivity index (χ3n) is 5.26. The van der Waals surface area contributed by atoms with Gasteiger partial charge in [0, 0.05) is 36.0 Å². The van der Waals surface area contributed by atoms with Gasteiger partial charge in [0.25, 0.3) is 5.56 Å². The molecule has 0 saturated carbocycles. The monoisotopic (exact) mass is 434 g/mol. The van der Waals surface area contributed by atoms with Crippen LogP contribution in [-0.4, -0.2) is 22.6 Å². The fourth-order valence-corrected chi connectivity index (χ4v) is 3.58. The highest BCUT2D eigenvalue weighted by molar-refractivity contribution is 5.82. The van der Waals surface area contributed by atoms with Crippen molar-refractivity contribution in [2.24, 2.45) is 0 Å². The topological polar surface area (TPSA) is 101 Å². The van der Waals surface area contributed by atoms with Gasteiger partial charge in [-0.15, -0.1) is 0 Å². The summed E-state index contributed by atoms with van der Waals surface area (Å²) in [6, 6.07) is 11.9. The summed E-state index contributed by atoms with van der Waals surface area (Å²) >= 11 is 0. The maximum Gasteiger partial charge on any atom is 0.336 e. The summed E-state index contributed by atoms with van der Waals surface area (Å²) in [4.78, 5) is 41.1. The molecular formula is C24H22N2O6. The van der Waals surface area contributed by atoms with E-state index in [0.717, 1.165) is 5.56 Å². The fraction of sp³-hybridized carbons (Fsp3) is 0.250. The molecule has 0 unspecified atom stereocenters. The van der Waals surface area contributed by atoms with Crippen molar-refractivity contribution in [3.05, 3.63) is 80.7 Å². The van der Waals surface area contributed by atoms with Crippen molar-refractivity contribution in [2.45, 2.75) is 32.9 Å². The molecular weight excluding hydrogens is 412 g/mol. The molecule has 0 N–H and O–H groups in total. The average Bonchev–Trinajstić information content (AvgIpc) is 2.79. The second-order valence-corrected chi connectivity index (χ2v) is 7.43. The number of carbonyl (C=O) groups is 1. The van der Waals surface area contributed by atoms with E-state index in [9.17, 15) is 14.4 Å². The van der Waals surface area contributed by atoms with Crippen molar-refractivity contribution in [3.63, 3.8) is 0 Å². The lowest BCUT2D eigenvalue weighted by Crippen LogP contribution is -2.21. The Morgan fingerprint density at radius 2 is 1.97 bits per heavy atom. The van der Waals surface area contributed by atoms with Crippen molar-refractivity contribution >= 4 is 27.8 Å². The smallest absolute Gasteiger partial charge is 0.336 e. The second-order valence-electron chi connectivity index (χ2n) is 7.43. The van der Waals surface area contributed by atoms with Gasteiger partial charge in [0.1, 0.15) is 17.9 Å². The zero-order valence-electron chi connectivity index (χ0n) is 17.8. The summed E-state index contributed by atoms with van der Waals surface area (Å²) in [5, 5.41) is 1.23. The zero-order valence-corrected chi connectivity index (χ0v) is 17.8. The van der Waals surface area contributed by atoms with E-state index in [2.05, 4.69) is 4.98 Å². The number of carbonyl (C=O) groups excluding carboxylic acids is 1. The minimum Gasteiger partial charge on any atom is -0.497 e. The third kappa shape index (κ3) is 4.39. The number of benzene rings is 2. The second kappa shape index (κ2) is 9.05. The van der Waals surface area contributed by atoms with Crippen LogP contribution in [0.4, 0.5) is 0 Å². The summed E-state index contributed by atoms with van der Waals surface area (Å²) in [5.74, 6) is 0.140. The molecule has 164 valence electrons. The van der Waals surface area contributed by atoms with Gasteiger partial charge in [0.05, 0.1) is 24.3 Å². The summed E-state index contributed by atoms with van der Waals surface area (Å²) in [7, 11) is 1.52. The molecule has 0 amide bonds. The van der Waals surface area contributed by atoms with Crippen LogP contribution in [0.15, 0.2) is 62.8 Å². The van der Waals surface area contributed by atoms with E-state index in [0.29, 0.717) is 46.2 Å². The number of hydrogen-bond donors (Lipinski definition) is 0. The van der Waals surface area contributed by atoms with Crippen molar-refractivity contribution < 1.29 is 18.7 Å². The normalized spacial score (nSPS) is 11.1. The molecule has 8 nitrogen and oxygen atoms in total. The molecule has 8 heteroatoms. The number of methoxy groups -OCH3 is 1. The number of aromatic nitrogens is 2. The predicted octanol–water partition coefficient (Wildman–Crippen LogP) is 3.34. The molecule has 0 atom stereocenters. The Balaban J connectivity index is 1.38. The number of para-hydroxylation sites is 1. The molecule has 0 radical (unpaired) electrons. The van der Waals surface area contributed by atoms with Crippen LogP contribution >= 0.6 is 0 Å². The van der Waals surface area contributed by atoms with Crippen LogP contribution in [0.5, 0.6) is 5.75 Å². The van der Waals surface area contributed by atoms with Crippen LogP contribution in [-0.2, 0) is 22.7 Å². The molecule has 2 heterocycles. The molecule has 32 heavy (non-hydrogen) atoms. The summed E-state index contributed by atoms with van der Waals surface area (Å²) in [6.45, 7) is 2.21. The molecule has 2 aromatic heterocycles. The molecule has 0 aliphatic carbocycles. The van der Waals surface area contributed by atoms with E-state index in [-0.39, 0.29) is 18.6 Å². The van der Waals surface area contributed by atoms with Gasteiger partial charge in [-0.1, -0.05) is 12.1 Å². The first-order chi connectivity index (χ1) is 15.5. The van der Waals surface area contributed by atoms with Crippen molar-refractivity contribution in [1.82, 2.24) is 9.55 Å². The average molecular weight is 434 g/mol.